The van der Waals surface area contributed by atoms with Crippen molar-refractivity contribution in [1.82, 2.24) is 0 Å². The van der Waals surface area contributed by atoms with Crippen molar-refractivity contribution in [2.24, 2.45) is 0 Å². The summed E-state index contributed by atoms with van der Waals surface area (Å²) < 4.78 is 0. The summed E-state index contributed by atoms with van der Waals surface area (Å²) in [5, 5.41) is 0. The molecule has 0 heterocycles. The van der Waals surface area contributed by atoms with Crippen molar-refractivity contribution in [3.63, 3.8) is 0 Å². The van der Waals surface area contributed by atoms with E-state index in [-0.39, 0.29) is 16.6 Å². The van der Waals surface area contributed by atoms with Crippen LogP contribution in [-0.2, 0) is 10.8 Å². The number of rotatable bonds is 3. The van der Waals surface area contributed by atoms with E-state index in [1.807, 2.05) is 0 Å². The van der Waals surface area contributed by atoms with Crippen LogP contribution in [0.2, 0.25) is 0 Å². The van der Waals surface area contributed by atoms with Gasteiger partial charge in [0.1, 0.15) is 0 Å². The first-order valence-corrected chi connectivity index (χ1v) is 7.94. The van der Waals surface area contributed by atoms with E-state index < -0.39 is 0 Å². The molecule has 0 fully saturated rings. The molecule has 2 atom stereocenters. The number of carbonyl (C=O) groups is 1. The van der Waals surface area contributed by atoms with Gasteiger partial charge in [-0.25, -0.2) is 0 Å². The lowest BCUT2D eigenvalue weighted by Crippen LogP contribution is -2.37. The van der Waals surface area contributed by atoms with Crippen molar-refractivity contribution < 1.29 is 4.79 Å². The number of hydrogen-bond donors (Lipinski definition) is 0. The van der Waals surface area contributed by atoms with Crippen molar-refractivity contribution >= 4 is 5.78 Å². The Hall–Kier alpha value is -1.11. The van der Waals surface area contributed by atoms with Crippen LogP contribution in [0.15, 0.2) is 12.1 Å². The zero-order valence-electron chi connectivity index (χ0n) is 13.9. The first-order chi connectivity index (χ1) is 9.27. The number of carbonyl (C=O) groups excluding carboxylic acids is 1. The van der Waals surface area contributed by atoms with Crippen LogP contribution in [0.3, 0.4) is 0 Å². The van der Waals surface area contributed by atoms with Crippen LogP contribution in [-0.4, -0.2) is 5.78 Å². The van der Waals surface area contributed by atoms with Gasteiger partial charge in [-0.05, 0) is 73.1 Å². The standard InChI is InChI=1S/C19H28O/c1-7-18(5)9-10-19(6,8-2)17-12-15(14(4)20)13(3)11-16(17)18/h11-12H,7-10H2,1-6H3/t18-,19+/m0/s1. The summed E-state index contributed by atoms with van der Waals surface area (Å²) in [6.45, 7) is 13.1. The van der Waals surface area contributed by atoms with Gasteiger partial charge in [0.25, 0.3) is 0 Å². The zero-order chi connectivity index (χ0) is 15.1. The SMILES string of the molecule is CC[C@@]1(C)CC[C@@](C)(CC)c2cc(C(C)=O)c(C)cc21. The lowest BCUT2D eigenvalue weighted by Gasteiger charge is -2.45. The molecule has 1 heteroatoms. The Balaban J connectivity index is 2.73. The average molecular weight is 272 g/mol. The maximum Gasteiger partial charge on any atom is 0.160 e. The lowest BCUT2D eigenvalue weighted by atomic mass is 9.59. The second-order valence-corrected chi connectivity index (χ2v) is 7.10. The third-order valence-corrected chi connectivity index (χ3v) is 5.83. The molecule has 0 saturated carbocycles. The van der Waals surface area contributed by atoms with Crippen LogP contribution in [0.1, 0.15) is 87.4 Å². The fraction of sp³-hybridized carbons (Fsp3) is 0.632. The summed E-state index contributed by atoms with van der Waals surface area (Å²) in [5.41, 5.74) is 5.44. The number of hydrogen-bond acceptors (Lipinski definition) is 1. The van der Waals surface area contributed by atoms with Crippen LogP contribution in [0.5, 0.6) is 0 Å². The molecule has 0 aliphatic heterocycles. The molecule has 0 radical (unpaired) electrons. The van der Waals surface area contributed by atoms with Crippen LogP contribution >= 0.6 is 0 Å². The summed E-state index contributed by atoms with van der Waals surface area (Å²) in [6.07, 6.45) is 4.78. The minimum atomic E-state index is 0.188. The second-order valence-electron chi connectivity index (χ2n) is 7.10. The van der Waals surface area contributed by atoms with Gasteiger partial charge in [0.15, 0.2) is 5.78 Å². The summed E-state index contributed by atoms with van der Waals surface area (Å²) >= 11 is 0. The molecule has 1 aromatic rings. The molecule has 1 nitrogen and oxygen atoms in total. The number of aryl methyl sites for hydroxylation is 1. The molecule has 0 saturated heterocycles. The van der Waals surface area contributed by atoms with Gasteiger partial charge in [0.2, 0.25) is 0 Å². The van der Waals surface area contributed by atoms with Gasteiger partial charge in [-0.15, -0.1) is 0 Å². The Morgan fingerprint density at radius 2 is 1.50 bits per heavy atom. The van der Waals surface area contributed by atoms with Crippen molar-refractivity contribution in [3.8, 4) is 0 Å². The van der Waals surface area contributed by atoms with E-state index in [0.717, 1.165) is 17.5 Å². The first kappa shape index (κ1) is 15.3. The summed E-state index contributed by atoms with van der Waals surface area (Å²) in [6, 6.07) is 4.49. The van der Waals surface area contributed by atoms with Crippen LogP contribution in [0, 0.1) is 6.92 Å². The molecule has 1 aliphatic carbocycles. The highest BCUT2D eigenvalue weighted by atomic mass is 16.1. The molecular weight excluding hydrogens is 244 g/mol. The molecule has 0 aromatic heterocycles. The van der Waals surface area contributed by atoms with Crippen molar-refractivity contribution in [2.75, 3.05) is 0 Å². The fourth-order valence-electron chi connectivity index (χ4n) is 3.64. The number of ketones is 1. The van der Waals surface area contributed by atoms with Gasteiger partial charge in [0.05, 0.1) is 0 Å². The molecule has 1 aliphatic rings. The summed E-state index contributed by atoms with van der Waals surface area (Å²) in [7, 11) is 0. The number of benzene rings is 1. The Morgan fingerprint density at radius 1 is 1.05 bits per heavy atom. The second kappa shape index (κ2) is 5.02. The molecule has 0 bridgehead atoms. The van der Waals surface area contributed by atoms with Crippen LogP contribution in [0.4, 0.5) is 0 Å². The molecule has 0 unspecified atom stereocenters. The minimum absolute atomic E-state index is 0.188. The van der Waals surface area contributed by atoms with E-state index >= 15 is 0 Å². The molecular formula is C19H28O. The Kier molecular flexibility index (Phi) is 3.83. The molecule has 20 heavy (non-hydrogen) atoms. The third kappa shape index (κ3) is 2.21. The van der Waals surface area contributed by atoms with Gasteiger partial charge < -0.3 is 0 Å². The summed E-state index contributed by atoms with van der Waals surface area (Å²) in [5.74, 6) is 0.188. The summed E-state index contributed by atoms with van der Waals surface area (Å²) in [4.78, 5) is 11.9. The highest BCUT2D eigenvalue weighted by molar-refractivity contribution is 5.96. The van der Waals surface area contributed by atoms with E-state index in [1.165, 1.54) is 30.4 Å². The van der Waals surface area contributed by atoms with Gasteiger partial charge in [-0.1, -0.05) is 33.8 Å². The average Bonchev–Trinajstić information content (AvgIpc) is 2.42. The van der Waals surface area contributed by atoms with Crippen LogP contribution < -0.4 is 0 Å². The van der Waals surface area contributed by atoms with E-state index in [1.54, 1.807) is 6.92 Å². The molecule has 0 N–H and O–H groups in total. The van der Waals surface area contributed by atoms with E-state index in [2.05, 4.69) is 46.8 Å². The van der Waals surface area contributed by atoms with Gasteiger partial charge in [0, 0.05) is 5.56 Å². The van der Waals surface area contributed by atoms with E-state index in [9.17, 15) is 4.79 Å². The first-order valence-electron chi connectivity index (χ1n) is 7.94. The van der Waals surface area contributed by atoms with Gasteiger partial charge >= 0.3 is 0 Å². The number of fused-ring (bicyclic) bond motifs is 1. The van der Waals surface area contributed by atoms with E-state index in [0.29, 0.717) is 0 Å². The maximum absolute atomic E-state index is 11.9. The van der Waals surface area contributed by atoms with Gasteiger partial charge in [-0.3, -0.25) is 4.79 Å². The van der Waals surface area contributed by atoms with E-state index in [4.69, 9.17) is 0 Å². The highest BCUT2D eigenvalue weighted by Gasteiger charge is 2.40. The third-order valence-electron chi connectivity index (χ3n) is 5.83. The quantitative estimate of drug-likeness (QED) is 0.680. The predicted octanol–water partition coefficient (Wildman–Crippen LogP) is 5.33. The molecule has 110 valence electrons. The Labute approximate surface area is 123 Å². The van der Waals surface area contributed by atoms with Crippen molar-refractivity contribution in [3.05, 3.63) is 34.4 Å². The smallest absolute Gasteiger partial charge is 0.160 e. The monoisotopic (exact) mass is 272 g/mol. The molecule has 0 spiro atoms. The van der Waals surface area contributed by atoms with Gasteiger partial charge in [-0.2, -0.15) is 0 Å². The van der Waals surface area contributed by atoms with Crippen LogP contribution in [0.25, 0.3) is 0 Å². The number of Topliss-reactive ketones (excluding diaryl/α,β-unsaturated/α-hetero) is 1. The van der Waals surface area contributed by atoms with Crippen molar-refractivity contribution in [1.29, 1.82) is 0 Å². The topological polar surface area (TPSA) is 17.1 Å². The molecule has 0 amide bonds. The largest absolute Gasteiger partial charge is 0.295 e. The minimum Gasteiger partial charge on any atom is -0.295 e. The van der Waals surface area contributed by atoms with Crippen molar-refractivity contribution in [2.45, 2.75) is 78.1 Å². The zero-order valence-corrected chi connectivity index (χ0v) is 13.9. The predicted molar refractivity (Wildman–Crippen MR) is 85.7 cm³/mol. The fourth-order valence-corrected chi connectivity index (χ4v) is 3.64. The molecule has 2 rings (SSSR count). The Bertz CT molecular complexity index is 543. The normalized spacial score (nSPS) is 29.1. The Morgan fingerprint density at radius 3 is 1.90 bits per heavy atom. The lowest BCUT2D eigenvalue weighted by molar-refractivity contribution is 0.101. The molecule has 1 aromatic carbocycles. The maximum atomic E-state index is 11.9. The highest BCUT2D eigenvalue weighted by Crippen LogP contribution is 2.49.